The van der Waals surface area contributed by atoms with Crippen molar-refractivity contribution in [1.82, 2.24) is 15.6 Å². The quantitative estimate of drug-likeness (QED) is 0.287. The molecule has 1 aromatic heterocycles. The maximum atomic E-state index is 13.3. The summed E-state index contributed by atoms with van der Waals surface area (Å²) in [5.74, 6) is -1.63. The Labute approximate surface area is 213 Å². The molecule has 1 unspecified atom stereocenters. The van der Waals surface area contributed by atoms with Crippen LogP contribution in [0.2, 0.25) is 0 Å². The number of carbonyl (C=O) groups excluding carboxylic acids is 4. The van der Waals surface area contributed by atoms with Crippen LogP contribution < -0.4 is 26.4 Å². The van der Waals surface area contributed by atoms with Gasteiger partial charge in [-0.15, -0.1) is 0 Å². The lowest BCUT2D eigenvalue weighted by molar-refractivity contribution is -0.129. The van der Waals surface area contributed by atoms with Crippen LogP contribution in [-0.4, -0.2) is 47.8 Å². The highest BCUT2D eigenvalue weighted by Crippen LogP contribution is 2.36. The van der Waals surface area contributed by atoms with E-state index in [0.717, 1.165) is 29.3 Å². The lowest BCUT2D eigenvalue weighted by Gasteiger charge is -2.23. The Balaban J connectivity index is 1.31. The molecule has 0 bridgehead atoms. The minimum Gasteiger partial charge on any atom is -0.496 e. The molecule has 1 fully saturated rings. The molecule has 4 amide bonds. The number of hydrogen-bond donors (Lipinski definition) is 5. The molecule has 2 aliphatic rings. The van der Waals surface area contributed by atoms with Gasteiger partial charge in [-0.25, -0.2) is 0 Å². The van der Waals surface area contributed by atoms with Gasteiger partial charge in [-0.2, -0.15) is 0 Å². The van der Waals surface area contributed by atoms with Crippen molar-refractivity contribution in [3.8, 4) is 5.75 Å². The minimum atomic E-state index is -1.08. The molecule has 37 heavy (non-hydrogen) atoms. The van der Waals surface area contributed by atoms with Crippen LogP contribution in [0.1, 0.15) is 47.7 Å². The first-order valence-electron chi connectivity index (χ1n) is 12.3. The number of carbonyl (C=O) groups is 4. The number of para-hydroxylation sites is 1. The van der Waals surface area contributed by atoms with Crippen LogP contribution in [0.25, 0.3) is 10.9 Å². The summed E-state index contributed by atoms with van der Waals surface area (Å²) in [5.41, 5.74) is 8.08. The van der Waals surface area contributed by atoms with Crippen molar-refractivity contribution in [1.29, 1.82) is 0 Å². The van der Waals surface area contributed by atoms with E-state index in [4.69, 9.17) is 10.5 Å². The Morgan fingerprint density at radius 3 is 2.57 bits per heavy atom. The van der Waals surface area contributed by atoms with Gasteiger partial charge in [0.1, 0.15) is 23.5 Å². The average molecular weight is 504 g/mol. The first kappa shape index (κ1) is 24.4. The average Bonchev–Trinajstić information content (AvgIpc) is 3.49. The summed E-state index contributed by atoms with van der Waals surface area (Å²) in [6.45, 7) is 0. The number of primary amides is 1. The summed E-state index contributed by atoms with van der Waals surface area (Å²) in [6.07, 6.45) is 2.41. The Kier molecular flexibility index (Phi) is 6.56. The van der Waals surface area contributed by atoms with Gasteiger partial charge in [0.05, 0.1) is 13.0 Å². The van der Waals surface area contributed by atoms with E-state index < -0.39 is 35.7 Å². The van der Waals surface area contributed by atoms with Gasteiger partial charge < -0.3 is 31.4 Å². The summed E-state index contributed by atoms with van der Waals surface area (Å²) in [4.78, 5) is 54.3. The topological polar surface area (TPSA) is 155 Å². The van der Waals surface area contributed by atoms with Gasteiger partial charge in [-0.05, 0) is 48.6 Å². The number of amides is 4. The van der Waals surface area contributed by atoms with Crippen LogP contribution in [0, 0.1) is 5.92 Å². The summed E-state index contributed by atoms with van der Waals surface area (Å²) in [6, 6.07) is 12.4. The Morgan fingerprint density at radius 1 is 1.05 bits per heavy atom. The predicted molar refractivity (Wildman–Crippen MR) is 137 cm³/mol. The van der Waals surface area contributed by atoms with Gasteiger partial charge >= 0.3 is 0 Å². The van der Waals surface area contributed by atoms with Gasteiger partial charge in [0.15, 0.2) is 0 Å². The van der Waals surface area contributed by atoms with Gasteiger partial charge in [0, 0.05) is 16.6 Å². The lowest BCUT2D eigenvalue weighted by atomic mass is 9.92. The molecule has 2 heterocycles. The number of nitrogens with two attached hydrogens (primary N) is 1. The molecule has 0 radical (unpaired) electrons. The number of H-pyrrole nitrogens is 1. The fourth-order valence-electron chi connectivity index (χ4n) is 4.85. The first-order chi connectivity index (χ1) is 17.8. The van der Waals surface area contributed by atoms with E-state index in [1.807, 2.05) is 30.3 Å². The molecule has 10 nitrogen and oxygen atoms in total. The highest BCUT2D eigenvalue weighted by molar-refractivity contribution is 6.04. The SMILES string of the molecule is COc1cccc2[nH]c(C(=O)N[C@@H](CC3CC3)C(=O)N[C@@H](CC3C(=O)Nc4ccccc43)C(N)=O)cc12. The van der Waals surface area contributed by atoms with Crippen LogP contribution in [0.3, 0.4) is 0 Å². The van der Waals surface area contributed by atoms with Crippen LogP contribution >= 0.6 is 0 Å². The lowest BCUT2D eigenvalue weighted by Crippen LogP contribution is -2.53. The largest absolute Gasteiger partial charge is 0.496 e. The van der Waals surface area contributed by atoms with Crippen molar-refractivity contribution in [3.05, 3.63) is 59.8 Å². The van der Waals surface area contributed by atoms with Crippen LogP contribution in [0.15, 0.2) is 48.5 Å². The zero-order chi connectivity index (χ0) is 26.1. The standard InChI is InChI=1S/C27H29N5O5/c1-37-23-8-4-7-19-17(23)13-22(29-19)27(36)32-21(11-14-9-10-14)26(35)31-20(24(28)33)12-16-15-5-2-3-6-18(15)30-25(16)34/h2-8,13-14,16,20-21,29H,9-12H2,1H3,(H2,28,33)(H,30,34)(H,31,35)(H,32,36)/t16?,20-,21-/m0/s1. The second-order valence-corrected chi connectivity index (χ2v) is 9.64. The van der Waals surface area contributed by atoms with Crippen LogP contribution in [-0.2, 0) is 14.4 Å². The molecule has 2 aromatic carbocycles. The fourth-order valence-corrected chi connectivity index (χ4v) is 4.85. The summed E-state index contributed by atoms with van der Waals surface area (Å²) >= 11 is 0. The number of anilines is 1. The third kappa shape index (κ3) is 5.13. The number of ether oxygens (including phenoxy) is 1. The normalized spacial score (nSPS) is 18.0. The molecule has 3 atom stereocenters. The molecule has 5 rings (SSSR count). The summed E-state index contributed by atoms with van der Waals surface area (Å²) in [7, 11) is 1.56. The maximum Gasteiger partial charge on any atom is 0.268 e. The molecule has 0 saturated heterocycles. The number of benzene rings is 2. The Morgan fingerprint density at radius 2 is 1.84 bits per heavy atom. The minimum absolute atomic E-state index is 0.0236. The molecule has 3 aromatic rings. The van der Waals surface area contributed by atoms with E-state index >= 15 is 0 Å². The van der Waals surface area contributed by atoms with Crippen molar-refractivity contribution in [2.45, 2.75) is 43.7 Å². The molecule has 10 heteroatoms. The number of aromatic nitrogens is 1. The number of rotatable bonds is 10. The molecule has 0 spiro atoms. The van der Waals surface area contributed by atoms with E-state index in [1.54, 1.807) is 25.3 Å². The van der Waals surface area contributed by atoms with Gasteiger partial charge in [-0.1, -0.05) is 37.1 Å². The zero-order valence-electron chi connectivity index (χ0n) is 20.4. The van der Waals surface area contributed by atoms with Gasteiger partial charge in [-0.3, -0.25) is 19.2 Å². The third-order valence-corrected chi connectivity index (χ3v) is 7.02. The monoisotopic (exact) mass is 503 g/mol. The Hall–Kier alpha value is -4.34. The molecular formula is C27H29N5O5. The Bertz CT molecular complexity index is 1380. The van der Waals surface area contributed by atoms with E-state index in [0.29, 0.717) is 29.5 Å². The molecular weight excluding hydrogens is 474 g/mol. The predicted octanol–water partition coefficient (Wildman–Crippen LogP) is 2.17. The van der Waals surface area contributed by atoms with Crippen molar-refractivity contribution in [2.24, 2.45) is 11.7 Å². The van der Waals surface area contributed by atoms with E-state index in [9.17, 15) is 19.2 Å². The summed E-state index contributed by atoms with van der Waals surface area (Å²) < 4.78 is 5.36. The van der Waals surface area contributed by atoms with Crippen LogP contribution in [0.4, 0.5) is 5.69 Å². The highest BCUT2D eigenvalue weighted by Gasteiger charge is 2.37. The smallest absolute Gasteiger partial charge is 0.268 e. The summed E-state index contributed by atoms with van der Waals surface area (Å²) in [5, 5.41) is 9.05. The van der Waals surface area contributed by atoms with Crippen molar-refractivity contribution in [2.75, 3.05) is 12.4 Å². The number of hydrogen-bond acceptors (Lipinski definition) is 5. The third-order valence-electron chi connectivity index (χ3n) is 7.02. The van der Waals surface area contributed by atoms with E-state index in [1.165, 1.54) is 0 Å². The van der Waals surface area contributed by atoms with Crippen molar-refractivity contribution >= 4 is 40.2 Å². The number of nitrogens with one attached hydrogen (secondary N) is 4. The van der Waals surface area contributed by atoms with Gasteiger partial charge in [0.25, 0.3) is 5.91 Å². The van der Waals surface area contributed by atoms with E-state index in [-0.39, 0.29) is 12.3 Å². The maximum absolute atomic E-state index is 13.3. The van der Waals surface area contributed by atoms with Crippen molar-refractivity contribution in [3.63, 3.8) is 0 Å². The van der Waals surface area contributed by atoms with Crippen molar-refractivity contribution < 1.29 is 23.9 Å². The molecule has 192 valence electrons. The second-order valence-electron chi connectivity index (χ2n) is 9.64. The fraction of sp³-hybridized carbons (Fsp3) is 0.333. The zero-order valence-corrected chi connectivity index (χ0v) is 20.4. The molecule has 1 aliphatic heterocycles. The molecule has 6 N–H and O–H groups in total. The number of aromatic amines is 1. The number of methoxy groups -OCH3 is 1. The highest BCUT2D eigenvalue weighted by atomic mass is 16.5. The van der Waals surface area contributed by atoms with E-state index in [2.05, 4.69) is 20.9 Å². The van der Waals surface area contributed by atoms with Gasteiger partial charge in [0.2, 0.25) is 17.7 Å². The first-order valence-corrected chi connectivity index (χ1v) is 12.3. The molecule has 1 aliphatic carbocycles. The molecule has 1 saturated carbocycles. The second kappa shape index (κ2) is 9.96. The van der Waals surface area contributed by atoms with Crippen LogP contribution in [0.5, 0.6) is 5.75 Å². The number of fused-ring (bicyclic) bond motifs is 2.